The Bertz CT molecular complexity index is 1210. The lowest BCUT2D eigenvalue weighted by Crippen LogP contribution is -2.25. The average Bonchev–Trinajstić information content (AvgIpc) is 3.21. The van der Waals surface area contributed by atoms with Gasteiger partial charge in [-0.25, -0.2) is 5.43 Å². The van der Waals surface area contributed by atoms with Crippen molar-refractivity contribution in [3.8, 4) is 16.9 Å². The summed E-state index contributed by atoms with van der Waals surface area (Å²) >= 11 is 0. The average molecular weight is 398 g/mol. The molecule has 0 unspecified atom stereocenters. The van der Waals surface area contributed by atoms with Crippen LogP contribution in [0.5, 0.6) is 5.75 Å². The Morgan fingerprint density at radius 1 is 1.13 bits per heavy atom. The van der Waals surface area contributed by atoms with E-state index in [1.807, 2.05) is 68.6 Å². The summed E-state index contributed by atoms with van der Waals surface area (Å²) in [6.45, 7) is 3.88. The summed E-state index contributed by atoms with van der Waals surface area (Å²) in [5, 5.41) is 5.16. The number of hydrazone groups is 1. The number of hydrogen-bond donors (Lipinski definition) is 2. The van der Waals surface area contributed by atoms with Crippen molar-refractivity contribution in [1.82, 2.24) is 15.4 Å². The molecule has 4 rings (SSSR count). The first-order valence-electron chi connectivity index (χ1n) is 9.63. The van der Waals surface area contributed by atoms with Crippen LogP contribution in [-0.2, 0) is 4.79 Å². The largest absolute Gasteiger partial charge is 0.483 e. The molecule has 2 aromatic heterocycles. The molecule has 0 aliphatic heterocycles. The first-order chi connectivity index (χ1) is 14.6. The summed E-state index contributed by atoms with van der Waals surface area (Å²) in [7, 11) is 0. The number of nitrogens with one attached hydrogen (secondary N) is 2. The van der Waals surface area contributed by atoms with Crippen molar-refractivity contribution in [3.05, 3.63) is 83.8 Å². The fraction of sp³-hybridized carbons (Fsp3) is 0.125. The molecule has 0 saturated heterocycles. The third-order valence-corrected chi connectivity index (χ3v) is 4.74. The molecule has 2 aromatic carbocycles. The molecule has 0 aliphatic rings. The van der Waals surface area contributed by atoms with Crippen molar-refractivity contribution in [1.29, 1.82) is 0 Å². The summed E-state index contributed by atoms with van der Waals surface area (Å²) < 4.78 is 5.88. The Balaban J connectivity index is 1.42. The number of aromatic nitrogens is 2. The van der Waals surface area contributed by atoms with Gasteiger partial charge in [-0.1, -0.05) is 18.2 Å². The van der Waals surface area contributed by atoms with Gasteiger partial charge < -0.3 is 9.72 Å². The highest BCUT2D eigenvalue weighted by Gasteiger charge is 2.12. The summed E-state index contributed by atoms with van der Waals surface area (Å²) in [6, 6.07) is 15.8. The maximum atomic E-state index is 12.2. The van der Waals surface area contributed by atoms with Gasteiger partial charge in [-0.15, -0.1) is 0 Å². The third-order valence-electron chi connectivity index (χ3n) is 4.74. The molecule has 0 spiro atoms. The smallest absolute Gasteiger partial charge is 0.277 e. The van der Waals surface area contributed by atoms with Gasteiger partial charge in [-0.05, 0) is 71.8 Å². The Hall–Kier alpha value is -3.93. The molecule has 0 atom stereocenters. The number of benzene rings is 2. The predicted molar refractivity (Wildman–Crippen MR) is 119 cm³/mol. The second kappa shape index (κ2) is 8.61. The number of fused-ring (bicyclic) bond motifs is 1. The lowest BCUT2D eigenvalue weighted by molar-refractivity contribution is -0.123. The monoisotopic (exact) mass is 398 g/mol. The van der Waals surface area contributed by atoms with Gasteiger partial charge in [-0.2, -0.15) is 5.10 Å². The molecule has 0 fully saturated rings. The first kappa shape index (κ1) is 19.4. The van der Waals surface area contributed by atoms with E-state index >= 15 is 0 Å². The van der Waals surface area contributed by atoms with Crippen LogP contribution in [0.2, 0.25) is 0 Å². The SMILES string of the molecule is Cc1cc(C)c(OCC(=O)NN=Cc2ccc3cc[nH]c3c2)c(-c2ccncc2)c1. The topological polar surface area (TPSA) is 79.4 Å². The second-order valence-corrected chi connectivity index (χ2v) is 7.10. The van der Waals surface area contributed by atoms with E-state index in [-0.39, 0.29) is 12.5 Å². The van der Waals surface area contributed by atoms with Gasteiger partial charge in [0.05, 0.1) is 6.21 Å². The second-order valence-electron chi connectivity index (χ2n) is 7.10. The molecular formula is C24H22N4O2. The van der Waals surface area contributed by atoms with Crippen LogP contribution in [0, 0.1) is 13.8 Å². The number of hydrogen-bond acceptors (Lipinski definition) is 4. The van der Waals surface area contributed by atoms with E-state index in [1.54, 1.807) is 18.6 Å². The molecule has 6 heteroatoms. The number of pyridine rings is 1. The van der Waals surface area contributed by atoms with Crippen LogP contribution in [0.3, 0.4) is 0 Å². The van der Waals surface area contributed by atoms with Crippen LogP contribution in [0.4, 0.5) is 0 Å². The number of rotatable bonds is 6. The fourth-order valence-corrected chi connectivity index (χ4v) is 3.39. The minimum Gasteiger partial charge on any atom is -0.483 e. The summed E-state index contributed by atoms with van der Waals surface area (Å²) in [4.78, 5) is 19.5. The molecule has 0 bridgehead atoms. The summed E-state index contributed by atoms with van der Waals surface area (Å²) in [5.74, 6) is 0.357. The minimum absolute atomic E-state index is 0.130. The van der Waals surface area contributed by atoms with Crippen molar-refractivity contribution < 1.29 is 9.53 Å². The van der Waals surface area contributed by atoms with Crippen LogP contribution in [0.15, 0.2) is 72.2 Å². The number of aromatic amines is 1. The van der Waals surface area contributed by atoms with E-state index in [0.29, 0.717) is 5.75 Å². The van der Waals surface area contributed by atoms with Crippen molar-refractivity contribution in [2.75, 3.05) is 6.61 Å². The Morgan fingerprint density at radius 3 is 2.80 bits per heavy atom. The number of carbonyl (C=O) groups excluding carboxylic acids is 1. The molecule has 0 saturated carbocycles. The fourth-order valence-electron chi connectivity index (χ4n) is 3.39. The van der Waals surface area contributed by atoms with Gasteiger partial charge in [0.2, 0.25) is 0 Å². The quantitative estimate of drug-likeness (QED) is 0.374. The van der Waals surface area contributed by atoms with Gasteiger partial charge in [0, 0.05) is 29.7 Å². The number of amides is 1. The van der Waals surface area contributed by atoms with Crippen LogP contribution >= 0.6 is 0 Å². The molecule has 150 valence electrons. The molecule has 0 aliphatic carbocycles. The first-order valence-corrected chi connectivity index (χ1v) is 9.63. The molecule has 2 N–H and O–H groups in total. The van der Waals surface area contributed by atoms with E-state index in [2.05, 4.69) is 20.5 Å². The zero-order chi connectivity index (χ0) is 20.9. The molecule has 1 amide bonds. The Labute approximate surface area is 174 Å². The summed E-state index contributed by atoms with van der Waals surface area (Å²) in [6.07, 6.45) is 6.97. The van der Waals surface area contributed by atoms with E-state index in [4.69, 9.17) is 4.74 Å². The third kappa shape index (κ3) is 4.38. The van der Waals surface area contributed by atoms with Crippen LogP contribution < -0.4 is 10.2 Å². The maximum absolute atomic E-state index is 12.2. The van der Waals surface area contributed by atoms with Crippen molar-refractivity contribution in [3.63, 3.8) is 0 Å². The highest BCUT2D eigenvalue weighted by atomic mass is 16.5. The van der Waals surface area contributed by atoms with Gasteiger partial charge in [0.15, 0.2) is 6.61 Å². The van der Waals surface area contributed by atoms with E-state index < -0.39 is 0 Å². The molecule has 4 aromatic rings. The highest BCUT2D eigenvalue weighted by Crippen LogP contribution is 2.34. The number of carbonyl (C=O) groups is 1. The molecule has 30 heavy (non-hydrogen) atoms. The lowest BCUT2D eigenvalue weighted by Gasteiger charge is -2.15. The molecule has 0 radical (unpaired) electrons. The van der Waals surface area contributed by atoms with Crippen molar-refractivity contribution in [2.24, 2.45) is 5.10 Å². The zero-order valence-electron chi connectivity index (χ0n) is 16.8. The minimum atomic E-state index is -0.326. The van der Waals surface area contributed by atoms with E-state index in [0.717, 1.165) is 38.7 Å². The molecule has 2 heterocycles. The summed E-state index contributed by atoms with van der Waals surface area (Å²) in [5.41, 5.74) is 8.45. The molecular weight excluding hydrogens is 376 g/mol. The van der Waals surface area contributed by atoms with Crippen molar-refractivity contribution in [2.45, 2.75) is 13.8 Å². The van der Waals surface area contributed by atoms with Gasteiger partial charge in [0.25, 0.3) is 5.91 Å². The predicted octanol–water partition coefficient (Wildman–Crippen LogP) is 4.38. The number of nitrogens with zero attached hydrogens (tertiary/aromatic N) is 2. The normalized spacial score (nSPS) is 11.1. The number of ether oxygens (including phenoxy) is 1. The van der Waals surface area contributed by atoms with Gasteiger partial charge in [-0.3, -0.25) is 9.78 Å². The standard InChI is InChI=1S/C24H22N4O2/c1-16-11-17(2)24(21(12-16)19-5-8-25-9-6-19)30-15-23(29)28-27-14-18-3-4-20-7-10-26-22(20)13-18/h3-14,26H,15H2,1-2H3,(H,28,29). The van der Waals surface area contributed by atoms with Gasteiger partial charge in [0.1, 0.15) is 5.75 Å². The Kier molecular flexibility index (Phi) is 5.57. The van der Waals surface area contributed by atoms with Gasteiger partial charge >= 0.3 is 0 Å². The lowest BCUT2D eigenvalue weighted by atomic mass is 10.00. The van der Waals surface area contributed by atoms with Crippen LogP contribution in [0.1, 0.15) is 16.7 Å². The maximum Gasteiger partial charge on any atom is 0.277 e. The van der Waals surface area contributed by atoms with Crippen LogP contribution in [0.25, 0.3) is 22.0 Å². The number of aryl methyl sites for hydroxylation is 2. The van der Waals surface area contributed by atoms with E-state index in [9.17, 15) is 4.79 Å². The number of H-pyrrole nitrogens is 1. The Morgan fingerprint density at radius 2 is 1.97 bits per heavy atom. The van der Waals surface area contributed by atoms with E-state index in [1.165, 1.54) is 0 Å². The zero-order valence-corrected chi connectivity index (χ0v) is 16.8. The highest BCUT2D eigenvalue weighted by molar-refractivity contribution is 5.89. The molecule has 6 nitrogen and oxygen atoms in total. The van der Waals surface area contributed by atoms with Crippen molar-refractivity contribution >= 4 is 23.0 Å². The van der Waals surface area contributed by atoms with Crippen LogP contribution in [-0.4, -0.2) is 28.7 Å².